The highest BCUT2D eigenvalue weighted by Gasteiger charge is 2.15. The normalized spacial score (nSPS) is 10.7. The predicted octanol–water partition coefficient (Wildman–Crippen LogP) is 5.24. The minimum atomic E-state index is -0.305. The number of anilines is 1. The standard InChI is InChI=1S/C18H16BrNO3/c1-2-10-22-15-9-4-3-8-14(15)20-18(21)16-11-12-6-5-7-13(19)17(12)23-16/h3-9,11H,2,10H2,1H3,(H,20,21). The Labute approximate surface area is 142 Å². The number of furan rings is 1. The van der Waals surface area contributed by atoms with Crippen LogP contribution in [0.3, 0.4) is 0 Å². The van der Waals surface area contributed by atoms with E-state index in [1.807, 2.05) is 49.4 Å². The molecule has 0 spiro atoms. The molecule has 0 aliphatic rings. The van der Waals surface area contributed by atoms with Gasteiger partial charge < -0.3 is 14.5 Å². The molecule has 118 valence electrons. The molecule has 2 aromatic carbocycles. The molecule has 1 aromatic heterocycles. The third-order valence-corrected chi connectivity index (χ3v) is 3.94. The van der Waals surface area contributed by atoms with Gasteiger partial charge in [-0.05, 0) is 46.6 Å². The van der Waals surface area contributed by atoms with Gasteiger partial charge in [-0.25, -0.2) is 0 Å². The first-order valence-corrected chi connectivity index (χ1v) is 8.19. The summed E-state index contributed by atoms with van der Waals surface area (Å²) in [5.74, 6) is 0.609. The van der Waals surface area contributed by atoms with Crippen LogP contribution in [-0.4, -0.2) is 12.5 Å². The maximum absolute atomic E-state index is 12.4. The van der Waals surface area contributed by atoms with Crippen molar-refractivity contribution in [1.82, 2.24) is 0 Å². The number of hydrogen-bond donors (Lipinski definition) is 1. The largest absolute Gasteiger partial charge is 0.491 e. The SMILES string of the molecule is CCCOc1ccccc1NC(=O)c1cc2cccc(Br)c2o1. The van der Waals surface area contributed by atoms with Crippen LogP contribution in [0.25, 0.3) is 11.0 Å². The number of para-hydroxylation sites is 3. The second kappa shape index (κ2) is 6.87. The zero-order valence-corrected chi connectivity index (χ0v) is 14.2. The van der Waals surface area contributed by atoms with Gasteiger partial charge >= 0.3 is 0 Å². The highest BCUT2D eigenvalue weighted by molar-refractivity contribution is 9.10. The average Bonchev–Trinajstić information content (AvgIpc) is 3.00. The van der Waals surface area contributed by atoms with E-state index in [0.717, 1.165) is 16.3 Å². The molecule has 1 amide bonds. The molecular formula is C18H16BrNO3. The van der Waals surface area contributed by atoms with E-state index in [4.69, 9.17) is 9.15 Å². The summed E-state index contributed by atoms with van der Waals surface area (Å²) in [6.45, 7) is 2.64. The van der Waals surface area contributed by atoms with Crippen molar-refractivity contribution in [3.05, 3.63) is 58.8 Å². The Morgan fingerprint density at radius 2 is 2.04 bits per heavy atom. The van der Waals surface area contributed by atoms with Gasteiger partial charge in [0.15, 0.2) is 5.76 Å². The fourth-order valence-electron chi connectivity index (χ4n) is 2.23. The Hall–Kier alpha value is -2.27. The highest BCUT2D eigenvalue weighted by atomic mass is 79.9. The van der Waals surface area contributed by atoms with Crippen molar-refractivity contribution < 1.29 is 13.9 Å². The van der Waals surface area contributed by atoms with E-state index >= 15 is 0 Å². The summed E-state index contributed by atoms with van der Waals surface area (Å²) in [7, 11) is 0. The van der Waals surface area contributed by atoms with Crippen LogP contribution in [0.15, 0.2) is 57.4 Å². The Morgan fingerprint density at radius 3 is 2.83 bits per heavy atom. The van der Waals surface area contributed by atoms with Crippen molar-refractivity contribution >= 4 is 38.5 Å². The molecule has 0 atom stereocenters. The van der Waals surface area contributed by atoms with Crippen LogP contribution >= 0.6 is 15.9 Å². The first-order chi connectivity index (χ1) is 11.2. The van der Waals surface area contributed by atoms with Crippen LogP contribution in [0.2, 0.25) is 0 Å². The lowest BCUT2D eigenvalue weighted by atomic mass is 10.2. The number of rotatable bonds is 5. The van der Waals surface area contributed by atoms with Crippen molar-refractivity contribution in [2.24, 2.45) is 0 Å². The van der Waals surface area contributed by atoms with Gasteiger partial charge in [0, 0.05) is 5.39 Å². The van der Waals surface area contributed by atoms with Gasteiger partial charge in [0.2, 0.25) is 0 Å². The van der Waals surface area contributed by atoms with Gasteiger partial charge in [-0.1, -0.05) is 31.2 Å². The van der Waals surface area contributed by atoms with E-state index in [1.165, 1.54) is 0 Å². The number of carbonyl (C=O) groups excluding carboxylic acids is 1. The predicted molar refractivity (Wildman–Crippen MR) is 94.1 cm³/mol. The van der Waals surface area contributed by atoms with E-state index in [0.29, 0.717) is 23.6 Å². The molecule has 0 unspecified atom stereocenters. The van der Waals surface area contributed by atoms with Gasteiger partial charge in [0.25, 0.3) is 5.91 Å². The molecule has 3 rings (SSSR count). The molecule has 4 nitrogen and oxygen atoms in total. The van der Waals surface area contributed by atoms with Gasteiger partial charge in [0.1, 0.15) is 11.3 Å². The number of amides is 1. The molecule has 0 aliphatic heterocycles. The summed E-state index contributed by atoms with van der Waals surface area (Å²) in [6, 6.07) is 14.8. The molecular weight excluding hydrogens is 358 g/mol. The third kappa shape index (κ3) is 3.40. The molecule has 0 fully saturated rings. The van der Waals surface area contributed by atoms with Crippen LogP contribution < -0.4 is 10.1 Å². The summed E-state index contributed by atoms with van der Waals surface area (Å²) in [4.78, 5) is 12.4. The summed E-state index contributed by atoms with van der Waals surface area (Å²) >= 11 is 3.42. The van der Waals surface area contributed by atoms with E-state index in [9.17, 15) is 4.79 Å². The lowest BCUT2D eigenvalue weighted by Crippen LogP contribution is -2.12. The molecule has 23 heavy (non-hydrogen) atoms. The average molecular weight is 374 g/mol. The summed E-state index contributed by atoms with van der Waals surface area (Å²) in [5.41, 5.74) is 1.29. The lowest BCUT2D eigenvalue weighted by Gasteiger charge is -2.10. The van der Waals surface area contributed by atoms with Crippen molar-refractivity contribution in [3.8, 4) is 5.75 Å². The zero-order valence-electron chi connectivity index (χ0n) is 12.6. The number of hydrogen-bond acceptors (Lipinski definition) is 3. The van der Waals surface area contributed by atoms with E-state index in [-0.39, 0.29) is 11.7 Å². The fraction of sp³-hybridized carbons (Fsp3) is 0.167. The van der Waals surface area contributed by atoms with Crippen LogP contribution in [0.1, 0.15) is 23.9 Å². The van der Waals surface area contributed by atoms with E-state index < -0.39 is 0 Å². The Bertz CT molecular complexity index is 841. The molecule has 5 heteroatoms. The summed E-state index contributed by atoms with van der Waals surface area (Å²) < 4.78 is 12.1. The molecule has 3 aromatic rings. The first-order valence-electron chi connectivity index (χ1n) is 7.40. The molecule has 0 saturated carbocycles. The number of fused-ring (bicyclic) bond motifs is 1. The molecule has 0 saturated heterocycles. The van der Waals surface area contributed by atoms with Crippen LogP contribution in [0.4, 0.5) is 5.69 Å². The monoisotopic (exact) mass is 373 g/mol. The molecule has 0 bridgehead atoms. The van der Waals surface area contributed by atoms with Crippen LogP contribution in [-0.2, 0) is 0 Å². The molecule has 0 radical (unpaired) electrons. The molecule has 1 N–H and O–H groups in total. The maximum Gasteiger partial charge on any atom is 0.291 e. The number of carbonyl (C=O) groups is 1. The second-order valence-corrected chi connectivity index (χ2v) is 5.92. The molecule has 1 heterocycles. The summed E-state index contributed by atoms with van der Waals surface area (Å²) in [5, 5.41) is 3.72. The Morgan fingerprint density at radius 1 is 1.22 bits per heavy atom. The number of nitrogens with one attached hydrogen (secondary N) is 1. The third-order valence-electron chi connectivity index (χ3n) is 3.32. The Kier molecular flexibility index (Phi) is 4.67. The van der Waals surface area contributed by atoms with Crippen molar-refractivity contribution in [1.29, 1.82) is 0 Å². The Balaban J connectivity index is 1.85. The maximum atomic E-state index is 12.4. The summed E-state index contributed by atoms with van der Waals surface area (Å²) in [6.07, 6.45) is 0.903. The van der Waals surface area contributed by atoms with Crippen LogP contribution in [0, 0.1) is 0 Å². The topological polar surface area (TPSA) is 51.5 Å². The molecule has 0 aliphatic carbocycles. The fourth-order valence-corrected chi connectivity index (χ4v) is 2.69. The second-order valence-electron chi connectivity index (χ2n) is 5.07. The smallest absolute Gasteiger partial charge is 0.291 e. The first kappa shape index (κ1) is 15.6. The zero-order chi connectivity index (χ0) is 16.2. The minimum Gasteiger partial charge on any atom is -0.491 e. The van der Waals surface area contributed by atoms with Gasteiger partial charge in [0.05, 0.1) is 16.8 Å². The van der Waals surface area contributed by atoms with Crippen molar-refractivity contribution in [2.75, 3.05) is 11.9 Å². The van der Waals surface area contributed by atoms with Crippen molar-refractivity contribution in [2.45, 2.75) is 13.3 Å². The quantitative estimate of drug-likeness (QED) is 0.665. The number of halogens is 1. The highest BCUT2D eigenvalue weighted by Crippen LogP contribution is 2.29. The van der Waals surface area contributed by atoms with E-state index in [2.05, 4.69) is 21.2 Å². The van der Waals surface area contributed by atoms with E-state index in [1.54, 1.807) is 6.07 Å². The van der Waals surface area contributed by atoms with Crippen LogP contribution in [0.5, 0.6) is 5.75 Å². The number of ether oxygens (including phenoxy) is 1. The van der Waals surface area contributed by atoms with Gasteiger partial charge in [-0.2, -0.15) is 0 Å². The minimum absolute atomic E-state index is 0.261. The number of benzene rings is 2. The van der Waals surface area contributed by atoms with Gasteiger partial charge in [-0.15, -0.1) is 0 Å². The lowest BCUT2D eigenvalue weighted by molar-refractivity contribution is 0.0998. The van der Waals surface area contributed by atoms with Crippen molar-refractivity contribution in [3.63, 3.8) is 0 Å². The van der Waals surface area contributed by atoms with Gasteiger partial charge in [-0.3, -0.25) is 4.79 Å².